The van der Waals surface area contributed by atoms with Gasteiger partial charge in [-0.2, -0.15) is 0 Å². The van der Waals surface area contributed by atoms with Gasteiger partial charge in [0.2, 0.25) is 0 Å². The second-order valence-corrected chi connectivity index (χ2v) is 7.47. The minimum Gasteiger partial charge on any atom is -0.490 e. The number of ether oxygens (including phenoxy) is 2. The van der Waals surface area contributed by atoms with Crippen molar-refractivity contribution in [3.05, 3.63) is 39.5 Å². The molecule has 1 aliphatic heterocycles. The molecule has 3 heterocycles. The van der Waals surface area contributed by atoms with Crippen LogP contribution in [-0.4, -0.2) is 60.0 Å². The average Bonchev–Trinajstić information content (AvgIpc) is 3.07. The molecule has 0 saturated carbocycles. The highest BCUT2D eigenvalue weighted by Gasteiger charge is 2.24. The quantitative estimate of drug-likeness (QED) is 0.721. The fraction of sp³-hybridized carbons (Fsp3) is 0.368. The molecule has 0 spiro atoms. The maximum absolute atomic E-state index is 12.9. The third-order valence-electron chi connectivity index (χ3n) is 4.84. The molecule has 1 fully saturated rings. The van der Waals surface area contributed by atoms with Crippen LogP contribution in [0, 0.1) is 0 Å². The first-order valence-corrected chi connectivity index (χ1v) is 9.60. The van der Waals surface area contributed by atoms with Crippen LogP contribution in [0.3, 0.4) is 0 Å². The third-order valence-corrected chi connectivity index (χ3v) is 6.04. The normalized spacial score (nSPS) is 15.4. The number of thiophene rings is 1. The molecule has 8 heteroatoms. The molecule has 4 rings (SSSR count). The Kier molecular flexibility index (Phi) is 4.86. The Morgan fingerprint density at radius 1 is 1.30 bits per heavy atom. The van der Waals surface area contributed by atoms with E-state index in [1.54, 1.807) is 11.6 Å². The lowest BCUT2D eigenvalue weighted by Gasteiger charge is -2.26. The molecular formula is C19H20N2O5S. The van der Waals surface area contributed by atoms with Crippen molar-refractivity contribution in [1.82, 2.24) is 9.47 Å². The number of carbonyl (C=O) groups is 1. The minimum absolute atomic E-state index is 0.0698. The molecule has 27 heavy (non-hydrogen) atoms. The predicted molar refractivity (Wildman–Crippen MR) is 104 cm³/mol. The molecule has 0 radical (unpaired) electrons. The van der Waals surface area contributed by atoms with Crippen LogP contribution in [-0.2, 0) is 11.8 Å². The lowest BCUT2D eigenvalue weighted by molar-refractivity contribution is 0.0322. The van der Waals surface area contributed by atoms with Gasteiger partial charge in [-0.25, -0.2) is 4.79 Å². The molecule has 0 bridgehead atoms. The van der Waals surface area contributed by atoms with E-state index in [9.17, 15) is 14.7 Å². The monoisotopic (exact) mass is 388 g/mol. The Bertz CT molecular complexity index is 1070. The van der Waals surface area contributed by atoms with Gasteiger partial charge in [0, 0.05) is 32.1 Å². The van der Waals surface area contributed by atoms with E-state index in [-0.39, 0.29) is 16.2 Å². The number of aromatic carboxylic acids is 1. The zero-order valence-corrected chi connectivity index (χ0v) is 15.8. The Labute approximate surface area is 159 Å². The Morgan fingerprint density at radius 3 is 2.78 bits per heavy atom. The molecule has 1 saturated heterocycles. The standard InChI is InChI=1S/C19H20N2O5S/c1-20-13-5-3-2-4-12(13)16-14(18(20)22)15(17(27-16)19(23)24)26-11-8-21-6-9-25-10-7-21/h2-5H,6-11H2,1H3,(H,23,24). The number of hydrogen-bond donors (Lipinski definition) is 1. The van der Waals surface area contributed by atoms with Crippen molar-refractivity contribution < 1.29 is 19.4 Å². The summed E-state index contributed by atoms with van der Waals surface area (Å²) in [7, 11) is 1.69. The van der Waals surface area contributed by atoms with Crippen LogP contribution in [0.2, 0.25) is 0 Å². The van der Waals surface area contributed by atoms with Crippen molar-refractivity contribution in [1.29, 1.82) is 0 Å². The van der Waals surface area contributed by atoms with Crippen LogP contribution in [0.4, 0.5) is 0 Å². The van der Waals surface area contributed by atoms with Gasteiger partial charge in [0.15, 0.2) is 10.6 Å². The Morgan fingerprint density at radius 2 is 2.04 bits per heavy atom. The first-order chi connectivity index (χ1) is 13.1. The van der Waals surface area contributed by atoms with Crippen LogP contribution in [0.5, 0.6) is 5.75 Å². The largest absolute Gasteiger partial charge is 0.490 e. The van der Waals surface area contributed by atoms with Gasteiger partial charge in [-0.3, -0.25) is 9.69 Å². The summed E-state index contributed by atoms with van der Waals surface area (Å²) < 4.78 is 13.4. The van der Waals surface area contributed by atoms with Crippen LogP contribution < -0.4 is 10.3 Å². The van der Waals surface area contributed by atoms with E-state index in [0.717, 1.165) is 35.3 Å². The van der Waals surface area contributed by atoms with E-state index in [1.807, 2.05) is 24.3 Å². The molecule has 0 amide bonds. The fourth-order valence-corrected chi connectivity index (χ4v) is 4.53. The van der Waals surface area contributed by atoms with Gasteiger partial charge in [-0.1, -0.05) is 18.2 Å². The van der Waals surface area contributed by atoms with Crippen molar-refractivity contribution in [2.75, 3.05) is 39.5 Å². The SMILES string of the molecule is Cn1c(=O)c2c(OCCN3CCOCC3)c(C(=O)O)sc2c2ccccc21. The number of aryl methyl sites for hydroxylation is 1. The van der Waals surface area contributed by atoms with Gasteiger partial charge >= 0.3 is 5.97 Å². The lowest BCUT2D eigenvalue weighted by Crippen LogP contribution is -2.38. The number of carboxylic acids is 1. The zero-order valence-electron chi connectivity index (χ0n) is 14.9. The van der Waals surface area contributed by atoms with E-state index < -0.39 is 5.97 Å². The maximum atomic E-state index is 12.9. The van der Waals surface area contributed by atoms with Gasteiger partial charge in [0.1, 0.15) is 12.0 Å². The van der Waals surface area contributed by atoms with Crippen LogP contribution in [0.1, 0.15) is 9.67 Å². The number of rotatable bonds is 5. The molecule has 1 aliphatic rings. The molecule has 1 aromatic carbocycles. The summed E-state index contributed by atoms with van der Waals surface area (Å²) in [5.74, 6) is -0.897. The second-order valence-electron chi connectivity index (χ2n) is 6.45. The third kappa shape index (κ3) is 3.20. The molecule has 0 unspecified atom stereocenters. The highest BCUT2D eigenvalue weighted by atomic mass is 32.1. The van der Waals surface area contributed by atoms with E-state index >= 15 is 0 Å². The second kappa shape index (κ2) is 7.30. The van der Waals surface area contributed by atoms with Gasteiger partial charge in [0.05, 0.1) is 23.4 Å². The molecule has 2 aromatic heterocycles. The van der Waals surface area contributed by atoms with Crippen molar-refractivity contribution in [2.45, 2.75) is 0 Å². The van der Waals surface area contributed by atoms with Gasteiger partial charge < -0.3 is 19.1 Å². The molecular weight excluding hydrogens is 368 g/mol. The van der Waals surface area contributed by atoms with E-state index in [1.165, 1.54) is 0 Å². The summed E-state index contributed by atoms with van der Waals surface area (Å²) in [5.41, 5.74) is 0.530. The van der Waals surface area contributed by atoms with E-state index in [2.05, 4.69) is 4.90 Å². The van der Waals surface area contributed by atoms with Crippen molar-refractivity contribution >= 4 is 38.3 Å². The number of nitrogens with zero attached hydrogens (tertiary/aromatic N) is 2. The number of pyridine rings is 1. The van der Waals surface area contributed by atoms with Gasteiger partial charge in [-0.15, -0.1) is 11.3 Å². The first-order valence-electron chi connectivity index (χ1n) is 8.78. The van der Waals surface area contributed by atoms with Gasteiger partial charge in [0.25, 0.3) is 5.56 Å². The Hall–Kier alpha value is -2.42. The number of hydrogen-bond acceptors (Lipinski definition) is 6. The summed E-state index contributed by atoms with van der Waals surface area (Å²) in [6.45, 7) is 4.01. The summed E-state index contributed by atoms with van der Waals surface area (Å²) in [4.78, 5) is 27.0. The smallest absolute Gasteiger partial charge is 0.349 e. The van der Waals surface area contributed by atoms with Crippen molar-refractivity contribution in [3.63, 3.8) is 0 Å². The molecule has 7 nitrogen and oxygen atoms in total. The van der Waals surface area contributed by atoms with Crippen LogP contribution in [0.15, 0.2) is 29.1 Å². The number of morpholine rings is 1. The zero-order chi connectivity index (χ0) is 19.0. The van der Waals surface area contributed by atoms with Crippen molar-refractivity contribution in [2.24, 2.45) is 7.05 Å². The van der Waals surface area contributed by atoms with Crippen LogP contribution >= 0.6 is 11.3 Å². The number of para-hydroxylation sites is 1. The fourth-order valence-electron chi connectivity index (χ4n) is 3.42. The molecule has 142 valence electrons. The number of aromatic nitrogens is 1. The number of fused-ring (bicyclic) bond motifs is 3. The molecule has 3 aromatic rings. The highest BCUT2D eigenvalue weighted by Crippen LogP contribution is 2.39. The lowest BCUT2D eigenvalue weighted by atomic mass is 10.1. The predicted octanol–water partition coefficient (Wildman–Crippen LogP) is 2.16. The molecule has 1 N–H and O–H groups in total. The Balaban J connectivity index is 1.77. The summed E-state index contributed by atoms with van der Waals surface area (Å²) in [6, 6.07) is 7.50. The average molecular weight is 388 g/mol. The van der Waals surface area contributed by atoms with Gasteiger partial charge in [-0.05, 0) is 6.07 Å². The summed E-state index contributed by atoms with van der Waals surface area (Å²) >= 11 is 1.10. The van der Waals surface area contributed by atoms with E-state index in [4.69, 9.17) is 9.47 Å². The summed E-state index contributed by atoms with van der Waals surface area (Å²) in [5, 5.41) is 10.8. The van der Waals surface area contributed by atoms with Crippen LogP contribution in [0.25, 0.3) is 21.0 Å². The highest BCUT2D eigenvalue weighted by molar-refractivity contribution is 7.22. The molecule has 0 aliphatic carbocycles. The summed E-state index contributed by atoms with van der Waals surface area (Å²) in [6.07, 6.45) is 0. The number of carboxylic acid groups (broad SMARTS) is 1. The van der Waals surface area contributed by atoms with Crippen molar-refractivity contribution in [3.8, 4) is 5.75 Å². The topological polar surface area (TPSA) is 81.0 Å². The minimum atomic E-state index is -1.08. The van der Waals surface area contributed by atoms with E-state index in [0.29, 0.717) is 36.5 Å². The first kappa shape index (κ1) is 18.0. The molecule has 0 atom stereocenters. The number of benzene rings is 1. The maximum Gasteiger partial charge on any atom is 0.349 e.